The largest absolute Gasteiger partial charge is 0.260 e. The van der Waals surface area contributed by atoms with E-state index in [1.165, 1.54) is 42.6 Å². The molecule has 1 aromatic carbocycles. The highest BCUT2D eigenvalue weighted by molar-refractivity contribution is 7.26. The molecule has 0 saturated carbocycles. The van der Waals surface area contributed by atoms with Gasteiger partial charge in [-0.2, -0.15) is 0 Å². The Morgan fingerprint density at radius 2 is 1.52 bits per heavy atom. The molecule has 3 aromatic heterocycles. The van der Waals surface area contributed by atoms with E-state index in [1.807, 2.05) is 23.7 Å². The van der Waals surface area contributed by atoms with Gasteiger partial charge in [-0.05, 0) is 50.5 Å². The van der Waals surface area contributed by atoms with Crippen molar-refractivity contribution in [2.24, 2.45) is 5.92 Å². The molecule has 0 amide bonds. The van der Waals surface area contributed by atoms with Crippen molar-refractivity contribution < 1.29 is 0 Å². The van der Waals surface area contributed by atoms with E-state index in [1.54, 1.807) is 0 Å². The van der Waals surface area contributed by atoms with E-state index in [0.717, 1.165) is 12.1 Å². The Labute approximate surface area is 152 Å². The first-order valence-corrected chi connectivity index (χ1v) is 9.58. The van der Waals surface area contributed by atoms with Crippen LogP contribution in [0.1, 0.15) is 30.7 Å². The van der Waals surface area contributed by atoms with Gasteiger partial charge in [-0.15, -0.1) is 11.3 Å². The van der Waals surface area contributed by atoms with Crippen LogP contribution in [0.2, 0.25) is 0 Å². The Morgan fingerprint density at radius 1 is 0.880 bits per heavy atom. The Kier molecular flexibility index (Phi) is 4.04. The summed E-state index contributed by atoms with van der Waals surface area (Å²) in [6.07, 6.45) is 4.89. The number of fused-ring (bicyclic) bond motifs is 3. The minimum atomic E-state index is 0.598. The van der Waals surface area contributed by atoms with Crippen LogP contribution in [-0.4, -0.2) is 9.97 Å². The zero-order valence-electron chi connectivity index (χ0n) is 15.1. The lowest BCUT2D eigenvalue weighted by Crippen LogP contribution is -1.96. The molecule has 4 aromatic rings. The Hall–Kier alpha value is -2.26. The lowest BCUT2D eigenvalue weighted by atomic mass is 10.0. The Morgan fingerprint density at radius 3 is 2.20 bits per heavy atom. The quantitative estimate of drug-likeness (QED) is 0.433. The summed E-state index contributed by atoms with van der Waals surface area (Å²) in [5.74, 6) is 0.598. The summed E-state index contributed by atoms with van der Waals surface area (Å²) in [5.41, 5.74) is 6.04. The number of hydrogen-bond donors (Lipinski definition) is 0. The lowest BCUT2D eigenvalue weighted by molar-refractivity contribution is 0.639. The maximum absolute atomic E-state index is 4.74. The lowest BCUT2D eigenvalue weighted by Gasteiger charge is -2.05. The molecular weight excluding hydrogens is 324 g/mol. The van der Waals surface area contributed by atoms with Gasteiger partial charge < -0.3 is 0 Å². The summed E-state index contributed by atoms with van der Waals surface area (Å²) in [4.78, 5) is 9.40. The van der Waals surface area contributed by atoms with E-state index >= 15 is 0 Å². The van der Waals surface area contributed by atoms with E-state index in [2.05, 4.69) is 63.0 Å². The second kappa shape index (κ2) is 6.23. The Balaban J connectivity index is 2.01. The maximum Gasteiger partial charge on any atom is 0.0880 e. The summed E-state index contributed by atoms with van der Waals surface area (Å²) >= 11 is 1.84. The fourth-order valence-corrected chi connectivity index (χ4v) is 4.83. The fourth-order valence-electron chi connectivity index (χ4n) is 3.53. The van der Waals surface area contributed by atoms with Gasteiger partial charge >= 0.3 is 0 Å². The van der Waals surface area contributed by atoms with Gasteiger partial charge in [0.2, 0.25) is 0 Å². The number of rotatable bonds is 3. The van der Waals surface area contributed by atoms with Crippen LogP contribution in [0.5, 0.6) is 0 Å². The highest BCUT2D eigenvalue weighted by Gasteiger charge is 2.15. The summed E-state index contributed by atoms with van der Waals surface area (Å²) in [5, 5.41) is 2.59. The summed E-state index contributed by atoms with van der Waals surface area (Å²) < 4.78 is 2.57. The molecule has 0 aliphatic carbocycles. The first kappa shape index (κ1) is 16.2. The number of benzene rings is 1. The SMILES string of the molecule is Cc1cc(C)cc(-c2nccc3c2sc2c(CC(C)C)nccc23)c1. The second-order valence-corrected chi connectivity index (χ2v) is 8.27. The van der Waals surface area contributed by atoms with Crippen molar-refractivity contribution >= 4 is 31.5 Å². The highest BCUT2D eigenvalue weighted by Crippen LogP contribution is 2.40. The molecule has 126 valence electrons. The van der Waals surface area contributed by atoms with Gasteiger partial charge in [0.1, 0.15) is 0 Å². The molecule has 0 aliphatic heterocycles. The molecule has 3 heterocycles. The van der Waals surface area contributed by atoms with E-state index in [0.29, 0.717) is 5.92 Å². The van der Waals surface area contributed by atoms with Crippen LogP contribution in [0.4, 0.5) is 0 Å². The van der Waals surface area contributed by atoms with Crippen LogP contribution < -0.4 is 0 Å². The molecular formula is C22H22N2S. The minimum absolute atomic E-state index is 0.598. The first-order valence-electron chi connectivity index (χ1n) is 8.76. The normalized spacial score (nSPS) is 11.7. The van der Waals surface area contributed by atoms with Crippen molar-refractivity contribution in [3.63, 3.8) is 0 Å². The highest BCUT2D eigenvalue weighted by atomic mass is 32.1. The molecule has 0 atom stereocenters. The van der Waals surface area contributed by atoms with Gasteiger partial charge in [0, 0.05) is 28.7 Å². The molecule has 0 unspecified atom stereocenters. The fraction of sp³-hybridized carbons (Fsp3) is 0.273. The van der Waals surface area contributed by atoms with Gasteiger partial charge in [0.15, 0.2) is 0 Å². The summed E-state index contributed by atoms with van der Waals surface area (Å²) in [6.45, 7) is 8.78. The molecule has 0 radical (unpaired) electrons. The van der Waals surface area contributed by atoms with Crippen LogP contribution in [0.3, 0.4) is 0 Å². The number of thiophene rings is 1. The topological polar surface area (TPSA) is 25.8 Å². The van der Waals surface area contributed by atoms with Crippen LogP contribution in [0.15, 0.2) is 42.7 Å². The predicted octanol–water partition coefficient (Wildman–Crippen LogP) is 6.33. The number of aromatic nitrogens is 2. The molecule has 0 saturated heterocycles. The van der Waals surface area contributed by atoms with Gasteiger partial charge in [-0.3, -0.25) is 9.97 Å². The predicted molar refractivity (Wildman–Crippen MR) is 108 cm³/mol. The van der Waals surface area contributed by atoms with Gasteiger partial charge in [-0.25, -0.2) is 0 Å². The minimum Gasteiger partial charge on any atom is -0.260 e. The number of pyridine rings is 2. The number of hydrogen-bond acceptors (Lipinski definition) is 3. The average molecular weight is 346 g/mol. The van der Waals surface area contributed by atoms with Crippen molar-refractivity contribution in [2.45, 2.75) is 34.1 Å². The third-order valence-electron chi connectivity index (χ3n) is 4.47. The third-order valence-corrected chi connectivity index (χ3v) is 5.75. The molecule has 0 fully saturated rings. The van der Waals surface area contributed by atoms with Crippen LogP contribution in [0.25, 0.3) is 31.4 Å². The monoisotopic (exact) mass is 346 g/mol. The maximum atomic E-state index is 4.74. The zero-order chi connectivity index (χ0) is 17.6. The molecule has 0 aliphatic rings. The van der Waals surface area contributed by atoms with Gasteiger partial charge in [-0.1, -0.05) is 31.0 Å². The molecule has 3 heteroatoms. The summed E-state index contributed by atoms with van der Waals surface area (Å²) in [7, 11) is 0. The number of aryl methyl sites for hydroxylation is 2. The third kappa shape index (κ3) is 2.93. The van der Waals surface area contributed by atoms with Crippen molar-refractivity contribution in [2.75, 3.05) is 0 Å². The van der Waals surface area contributed by atoms with E-state index in [-0.39, 0.29) is 0 Å². The molecule has 2 nitrogen and oxygen atoms in total. The summed E-state index contributed by atoms with van der Waals surface area (Å²) in [6, 6.07) is 10.9. The van der Waals surface area contributed by atoms with Crippen LogP contribution in [-0.2, 0) is 6.42 Å². The van der Waals surface area contributed by atoms with Crippen LogP contribution in [0, 0.1) is 19.8 Å². The van der Waals surface area contributed by atoms with Gasteiger partial charge in [0.05, 0.1) is 20.8 Å². The zero-order valence-corrected chi connectivity index (χ0v) is 15.9. The molecule has 25 heavy (non-hydrogen) atoms. The molecule has 0 spiro atoms. The smallest absolute Gasteiger partial charge is 0.0880 e. The van der Waals surface area contributed by atoms with Crippen molar-refractivity contribution in [1.29, 1.82) is 0 Å². The second-order valence-electron chi connectivity index (χ2n) is 7.25. The van der Waals surface area contributed by atoms with Crippen molar-refractivity contribution in [1.82, 2.24) is 9.97 Å². The molecule has 0 bridgehead atoms. The van der Waals surface area contributed by atoms with E-state index in [9.17, 15) is 0 Å². The molecule has 4 rings (SSSR count). The van der Waals surface area contributed by atoms with Crippen molar-refractivity contribution in [3.05, 3.63) is 59.5 Å². The first-order chi connectivity index (χ1) is 12.0. The van der Waals surface area contributed by atoms with Gasteiger partial charge in [0.25, 0.3) is 0 Å². The van der Waals surface area contributed by atoms with E-state index in [4.69, 9.17) is 4.98 Å². The van der Waals surface area contributed by atoms with Crippen molar-refractivity contribution in [3.8, 4) is 11.3 Å². The van der Waals surface area contributed by atoms with Crippen LogP contribution >= 0.6 is 11.3 Å². The number of nitrogens with zero attached hydrogens (tertiary/aromatic N) is 2. The standard InChI is InChI=1S/C22H22N2S/c1-13(2)9-19-21-17(5-7-23-19)18-6-8-24-20(22(18)25-21)16-11-14(3)10-15(4)12-16/h5-8,10-13H,9H2,1-4H3. The Bertz CT molecular complexity index is 1060. The average Bonchev–Trinajstić information content (AvgIpc) is 2.93. The molecule has 0 N–H and O–H groups in total. The van der Waals surface area contributed by atoms with E-state index < -0.39 is 0 Å².